The summed E-state index contributed by atoms with van der Waals surface area (Å²) in [6, 6.07) is 15.0. The first-order chi connectivity index (χ1) is 20.0. The molecule has 3 heterocycles. The standard InChI is InChI=1S/C29H27F4N5O4/c1-2-20-15-21(34-35-26(20)39)12-19-8-9-24(30)23(14-19)27(40)36-10-11-37-22(13-18-6-4-3-5-7-18)16-38(25(37)17-36)42-28(41)29(31,32)33/h3-9,14-16,25H,2,10-13,17H2,1H3,(H,35,39). The normalized spacial score (nSPS) is 16.7. The largest absolute Gasteiger partial charge is 0.493 e. The third-order valence-corrected chi connectivity index (χ3v) is 7.19. The Morgan fingerprint density at radius 1 is 1.05 bits per heavy atom. The van der Waals surface area contributed by atoms with E-state index in [0.717, 1.165) is 16.7 Å². The lowest BCUT2D eigenvalue weighted by molar-refractivity contribution is -0.240. The van der Waals surface area contributed by atoms with Crippen molar-refractivity contribution in [3.63, 3.8) is 0 Å². The molecule has 0 radical (unpaired) electrons. The molecule has 1 aromatic heterocycles. The number of piperazine rings is 1. The Kier molecular flexibility index (Phi) is 8.01. The first kappa shape index (κ1) is 28.8. The summed E-state index contributed by atoms with van der Waals surface area (Å²) in [5.41, 5.74) is 2.66. The third-order valence-electron chi connectivity index (χ3n) is 7.19. The lowest BCUT2D eigenvalue weighted by Gasteiger charge is -2.41. The van der Waals surface area contributed by atoms with Gasteiger partial charge in [0.15, 0.2) is 6.17 Å². The van der Waals surface area contributed by atoms with E-state index < -0.39 is 30.0 Å². The van der Waals surface area contributed by atoms with Crippen LogP contribution in [-0.4, -0.2) is 68.9 Å². The van der Waals surface area contributed by atoms with Crippen LogP contribution in [0.15, 0.2) is 71.3 Å². The van der Waals surface area contributed by atoms with Crippen LogP contribution in [0.3, 0.4) is 0 Å². The van der Waals surface area contributed by atoms with Crippen LogP contribution in [0.1, 0.15) is 39.7 Å². The topological polar surface area (TPSA) is 98.8 Å². The molecule has 1 atom stereocenters. The number of aryl methyl sites for hydroxylation is 1. The van der Waals surface area contributed by atoms with E-state index in [-0.39, 0.29) is 37.2 Å². The van der Waals surface area contributed by atoms with Crippen LogP contribution >= 0.6 is 0 Å². The number of amides is 1. The molecule has 13 heteroatoms. The van der Waals surface area contributed by atoms with Gasteiger partial charge in [-0.25, -0.2) is 14.3 Å². The van der Waals surface area contributed by atoms with Crippen molar-refractivity contribution in [3.05, 3.63) is 111 Å². The molecule has 0 bridgehead atoms. The number of H-pyrrole nitrogens is 1. The van der Waals surface area contributed by atoms with E-state index in [1.54, 1.807) is 11.0 Å². The first-order valence-electron chi connectivity index (χ1n) is 13.3. The Labute approximate surface area is 237 Å². The number of carbonyl (C=O) groups is 2. The number of hydrogen-bond donors (Lipinski definition) is 1. The van der Waals surface area contributed by atoms with Gasteiger partial charge in [-0.15, -0.1) is 0 Å². The van der Waals surface area contributed by atoms with E-state index >= 15 is 0 Å². The fourth-order valence-corrected chi connectivity index (χ4v) is 5.07. The molecule has 0 spiro atoms. The summed E-state index contributed by atoms with van der Waals surface area (Å²) in [5, 5.41) is 7.27. The van der Waals surface area contributed by atoms with Crippen LogP contribution in [0.4, 0.5) is 17.6 Å². The van der Waals surface area contributed by atoms with Crippen molar-refractivity contribution in [1.82, 2.24) is 25.1 Å². The SMILES string of the molecule is CCc1cc(Cc2ccc(F)c(C(=O)N3CCN4C(Cc5ccccc5)=CN(OC(=O)C(F)(F)F)C4C3)c2)n[nH]c1=O. The number of carbonyl (C=O) groups excluding carboxylic acids is 2. The van der Waals surface area contributed by atoms with E-state index in [1.807, 2.05) is 37.3 Å². The summed E-state index contributed by atoms with van der Waals surface area (Å²) in [7, 11) is 0. The number of allylic oxidation sites excluding steroid dienone is 1. The van der Waals surface area contributed by atoms with E-state index in [9.17, 15) is 31.9 Å². The lowest BCUT2D eigenvalue weighted by atomic mass is 10.0. The molecule has 3 aromatic rings. The van der Waals surface area contributed by atoms with Crippen molar-refractivity contribution in [2.75, 3.05) is 19.6 Å². The maximum atomic E-state index is 14.9. The number of rotatable bonds is 7. The summed E-state index contributed by atoms with van der Waals surface area (Å²) in [4.78, 5) is 44.8. The molecule has 1 amide bonds. The number of benzene rings is 2. The van der Waals surface area contributed by atoms with Gasteiger partial charge in [0, 0.05) is 37.2 Å². The fraction of sp³-hybridized carbons (Fsp3) is 0.310. The van der Waals surface area contributed by atoms with Crippen LogP contribution in [0, 0.1) is 5.82 Å². The molecule has 220 valence electrons. The van der Waals surface area contributed by atoms with Crippen molar-refractivity contribution >= 4 is 11.9 Å². The van der Waals surface area contributed by atoms with Crippen LogP contribution < -0.4 is 5.56 Å². The quantitative estimate of drug-likeness (QED) is 0.424. The zero-order chi connectivity index (χ0) is 30.0. The number of nitrogens with zero attached hydrogens (tertiary/aromatic N) is 4. The summed E-state index contributed by atoms with van der Waals surface area (Å²) in [6.45, 7) is 2.06. The van der Waals surface area contributed by atoms with Crippen LogP contribution in [0.2, 0.25) is 0 Å². The van der Waals surface area contributed by atoms with Gasteiger partial charge in [0.2, 0.25) is 0 Å². The van der Waals surface area contributed by atoms with Crippen molar-refractivity contribution < 1.29 is 32.0 Å². The second-order valence-electron chi connectivity index (χ2n) is 10.0. The number of aromatic amines is 1. The Bertz CT molecular complexity index is 1570. The maximum Gasteiger partial charge on any atom is 0.493 e. The number of aromatic nitrogens is 2. The van der Waals surface area contributed by atoms with Crippen LogP contribution in [0.5, 0.6) is 0 Å². The minimum atomic E-state index is -5.22. The van der Waals surface area contributed by atoms with Gasteiger partial charge in [0.05, 0.1) is 24.0 Å². The van der Waals surface area contributed by atoms with Gasteiger partial charge in [-0.2, -0.15) is 23.3 Å². The van der Waals surface area contributed by atoms with E-state index in [4.69, 9.17) is 4.84 Å². The third kappa shape index (κ3) is 6.14. The fourth-order valence-electron chi connectivity index (χ4n) is 5.07. The number of halogens is 4. The van der Waals surface area contributed by atoms with Crippen molar-refractivity contribution in [3.8, 4) is 0 Å². The van der Waals surface area contributed by atoms with Crippen molar-refractivity contribution in [2.24, 2.45) is 0 Å². The zero-order valence-electron chi connectivity index (χ0n) is 22.5. The molecule has 5 rings (SSSR count). The summed E-state index contributed by atoms with van der Waals surface area (Å²) >= 11 is 0. The van der Waals surface area contributed by atoms with Gasteiger partial charge >= 0.3 is 12.1 Å². The predicted octanol–water partition coefficient (Wildman–Crippen LogP) is 3.57. The highest BCUT2D eigenvalue weighted by molar-refractivity contribution is 5.94. The average Bonchev–Trinajstić information content (AvgIpc) is 3.30. The van der Waals surface area contributed by atoms with Gasteiger partial charge < -0.3 is 14.6 Å². The molecule has 1 fully saturated rings. The summed E-state index contributed by atoms with van der Waals surface area (Å²) in [6.07, 6.45) is -3.72. The molecular formula is C29H27F4N5O4. The molecule has 2 aliphatic heterocycles. The van der Waals surface area contributed by atoms with Crippen molar-refractivity contribution in [2.45, 2.75) is 38.5 Å². The van der Waals surface area contributed by atoms with Crippen LogP contribution in [-0.2, 0) is 28.9 Å². The lowest BCUT2D eigenvalue weighted by Crippen LogP contribution is -2.57. The Morgan fingerprint density at radius 2 is 1.81 bits per heavy atom. The molecule has 9 nitrogen and oxygen atoms in total. The highest BCUT2D eigenvalue weighted by Crippen LogP contribution is 2.31. The van der Waals surface area contributed by atoms with Gasteiger partial charge in [-0.05, 0) is 35.7 Å². The summed E-state index contributed by atoms with van der Waals surface area (Å²) in [5.74, 6) is -3.80. The molecule has 42 heavy (non-hydrogen) atoms. The molecular weight excluding hydrogens is 558 g/mol. The second-order valence-corrected chi connectivity index (χ2v) is 10.0. The average molecular weight is 586 g/mol. The molecule has 1 unspecified atom stereocenters. The van der Waals surface area contributed by atoms with Gasteiger partial charge in [-0.3, -0.25) is 9.59 Å². The number of nitrogens with one attached hydrogen (secondary N) is 1. The van der Waals surface area contributed by atoms with Gasteiger partial charge in [-0.1, -0.05) is 43.3 Å². The van der Waals surface area contributed by atoms with Crippen LogP contribution in [0.25, 0.3) is 0 Å². The van der Waals surface area contributed by atoms with E-state index in [2.05, 4.69) is 10.2 Å². The highest BCUT2D eigenvalue weighted by atomic mass is 19.4. The molecule has 2 aromatic carbocycles. The highest BCUT2D eigenvalue weighted by Gasteiger charge is 2.46. The zero-order valence-corrected chi connectivity index (χ0v) is 22.5. The van der Waals surface area contributed by atoms with E-state index in [1.165, 1.54) is 23.2 Å². The number of hydroxylamine groups is 2. The Balaban J connectivity index is 1.36. The number of hydrogen-bond acceptors (Lipinski definition) is 7. The van der Waals surface area contributed by atoms with Gasteiger partial charge in [0.1, 0.15) is 5.82 Å². The maximum absolute atomic E-state index is 14.9. The second kappa shape index (κ2) is 11.7. The molecule has 1 N–H and O–H groups in total. The Morgan fingerprint density at radius 3 is 2.52 bits per heavy atom. The van der Waals surface area contributed by atoms with Gasteiger partial charge in [0.25, 0.3) is 11.5 Å². The number of alkyl halides is 3. The predicted molar refractivity (Wildman–Crippen MR) is 142 cm³/mol. The number of fused-ring (bicyclic) bond motifs is 1. The minimum absolute atomic E-state index is 0.149. The summed E-state index contributed by atoms with van der Waals surface area (Å²) < 4.78 is 54.0. The molecule has 2 aliphatic rings. The Hall–Kier alpha value is -4.68. The van der Waals surface area contributed by atoms with E-state index in [0.29, 0.717) is 35.4 Å². The molecule has 0 saturated carbocycles. The molecule has 0 aliphatic carbocycles. The minimum Gasteiger partial charge on any atom is -0.347 e. The molecule has 1 saturated heterocycles. The van der Waals surface area contributed by atoms with Crippen molar-refractivity contribution in [1.29, 1.82) is 0 Å². The monoisotopic (exact) mass is 585 g/mol. The smallest absolute Gasteiger partial charge is 0.347 e. The first-order valence-corrected chi connectivity index (χ1v) is 13.3.